The molecule has 0 fully saturated rings. The minimum atomic E-state index is -0.153. The average Bonchev–Trinajstić information content (AvgIpc) is 2.42. The van der Waals surface area contributed by atoms with E-state index in [0.29, 0.717) is 11.4 Å². The van der Waals surface area contributed by atoms with E-state index >= 15 is 0 Å². The van der Waals surface area contributed by atoms with Crippen molar-refractivity contribution in [3.05, 3.63) is 45.3 Å². The Hall–Kier alpha value is -1.66. The van der Waals surface area contributed by atoms with E-state index in [1.807, 2.05) is 36.4 Å². The number of nitrogens with one attached hydrogen (secondary N) is 2. The minimum Gasteiger partial charge on any atom is -0.326 e. The van der Waals surface area contributed by atoms with Gasteiger partial charge in [0.05, 0.1) is 0 Å². The summed E-state index contributed by atoms with van der Waals surface area (Å²) in [6.45, 7) is 2.92. The van der Waals surface area contributed by atoms with Crippen LogP contribution in [-0.4, -0.2) is 11.8 Å². The molecule has 0 aromatic heterocycles. The van der Waals surface area contributed by atoms with Gasteiger partial charge in [0.2, 0.25) is 11.8 Å². The summed E-state index contributed by atoms with van der Waals surface area (Å²) in [4.78, 5) is 22.8. The molecule has 0 heterocycles. The quantitative estimate of drug-likeness (QED) is 0.742. The van der Waals surface area contributed by atoms with Crippen LogP contribution in [0.2, 0.25) is 0 Å². The van der Waals surface area contributed by atoms with Crippen molar-refractivity contribution in [1.29, 1.82) is 0 Å². The summed E-state index contributed by atoms with van der Waals surface area (Å²) in [5.74, 6) is -0.306. The molecule has 22 heavy (non-hydrogen) atoms. The summed E-state index contributed by atoms with van der Waals surface area (Å²) in [7, 11) is 0. The van der Waals surface area contributed by atoms with Crippen LogP contribution in [-0.2, 0) is 9.59 Å². The van der Waals surface area contributed by atoms with Gasteiger partial charge < -0.3 is 10.6 Å². The first-order valence-electron chi connectivity index (χ1n) is 6.51. The summed E-state index contributed by atoms with van der Waals surface area (Å²) >= 11 is 6.88. The molecule has 0 unspecified atom stereocenters. The van der Waals surface area contributed by atoms with Crippen LogP contribution in [0.1, 0.15) is 13.8 Å². The molecule has 6 heteroatoms. The average molecular weight is 426 g/mol. The molecule has 0 atom stereocenters. The molecule has 0 aliphatic carbocycles. The Balaban J connectivity index is 2.63. The number of hydrogen-bond donors (Lipinski definition) is 2. The number of amides is 2. The van der Waals surface area contributed by atoms with Gasteiger partial charge in [-0.1, -0.05) is 31.9 Å². The Kier molecular flexibility index (Phi) is 5.37. The van der Waals surface area contributed by atoms with Crippen molar-refractivity contribution in [2.24, 2.45) is 0 Å². The van der Waals surface area contributed by atoms with Crippen LogP contribution in [0.4, 0.5) is 11.4 Å². The van der Waals surface area contributed by atoms with E-state index in [0.717, 1.165) is 20.1 Å². The molecule has 0 aliphatic heterocycles. The predicted molar refractivity (Wildman–Crippen MR) is 95.9 cm³/mol. The number of hydrogen-bond acceptors (Lipinski definition) is 2. The smallest absolute Gasteiger partial charge is 0.221 e. The van der Waals surface area contributed by atoms with Crippen LogP contribution in [0.5, 0.6) is 0 Å². The highest BCUT2D eigenvalue weighted by atomic mass is 79.9. The second-order valence-electron chi connectivity index (χ2n) is 4.74. The maximum atomic E-state index is 11.4. The summed E-state index contributed by atoms with van der Waals surface area (Å²) in [6.07, 6.45) is 0. The van der Waals surface area contributed by atoms with E-state index in [4.69, 9.17) is 0 Å². The van der Waals surface area contributed by atoms with Gasteiger partial charge >= 0.3 is 0 Å². The normalized spacial score (nSPS) is 10.2. The molecule has 0 radical (unpaired) electrons. The van der Waals surface area contributed by atoms with Crippen LogP contribution in [0, 0.1) is 0 Å². The SMILES string of the molecule is CC(=O)Nc1ccc(Br)cc1-c1cc(Br)ccc1NC(C)=O. The van der Waals surface area contributed by atoms with Crippen molar-refractivity contribution in [2.75, 3.05) is 10.6 Å². The van der Waals surface area contributed by atoms with Crippen LogP contribution >= 0.6 is 31.9 Å². The number of anilines is 2. The molecule has 0 saturated heterocycles. The third-order valence-electron chi connectivity index (χ3n) is 2.87. The van der Waals surface area contributed by atoms with E-state index in [1.54, 1.807) is 0 Å². The molecule has 0 bridgehead atoms. The van der Waals surface area contributed by atoms with E-state index in [1.165, 1.54) is 13.8 Å². The predicted octanol–water partition coefficient (Wildman–Crippen LogP) is 4.80. The van der Waals surface area contributed by atoms with Crippen LogP contribution in [0.15, 0.2) is 45.3 Å². The zero-order chi connectivity index (χ0) is 16.3. The second-order valence-corrected chi connectivity index (χ2v) is 6.57. The largest absolute Gasteiger partial charge is 0.326 e. The zero-order valence-electron chi connectivity index (χ0n) is 12.0. The van der Waals surface area contributed by atoms with Gasteiger partial charge in [-0.15, -0.1) is 0 Å². The molecule has 2 amide bonds. The molecule has 2 N–H and O–H groups in total. The summed E-state index contributed by atoms with van der Waals surface area (Å²) < 4.78 is 1.76. The van der Waals surface area contributed by atoms with Gasteiger partial charge in [-0.25, -0.2) is 0 Å². The zero-order valence-corrected chi connectivity index (χ0v) is 15.2. The Morgan fingerprint density at radius 1 is 0.773 bits per heavy atom. The first-order valence-corrected chi connectivity index (χ1v) is 8.10. The van der Waals surface area contributed by atoms with Gasteiger partial charge in [0, 0.05) is 45.3 Å². The van der Waals surface area contributed by atoms with Gasteiger partial charge in [0.1, 0.15) is 0 Å². The topological polar surface area (TPSA) is 58.2 Å². The third-order valence-corrected chi connectivity index (χ3v) is 3.86. The molecule has 0 saturated carbocycles. The Morgan fingerprint density at radius 3 is 1.45 bits per heavy atom. The van der Waals surface area contributed by atoms with Crippen LogP contribution in [0.25, 0.3) is 11.1 Å². The van der Waals surface area contributed by atoms with Gasteiger partial charge in [0.25, 0.3) is 0 Å². The fourth-order valence-electron chi connectivity index (χ4n) is 2.08. The standard InChI is InChI=1S/C16H14Br2N2O2/c1-9(21)19-15-5-3-11(17)7-13(15)14-8-12(18)4-6-16(14)20-10(2)22/h3-8H,1-2H3,(H,19,21)(H,20,22). The first kappa shape index (κ1) is 16.7. The maximum Gasteiger partial charge on any atom is 0.221 e. The van der Waals surface area contributed by atoms with Crippen molar-refractivity contribution in [3.8, 4) is 11.1 Å². The Morgan fingerprint density at radius 2 is 1.14 bits per heavy atom. The fourth-order valence-corrected chi connectivity index (χ4v) is 2.80. The molecular formula is C16H14Br2N2O2. The number of rotatable bonds is 3. The third kappa shape index (κ3) is 4.18. The highest BCUT2D eigenvalue weighted by molar-refractivity contribution is 9.10. The van der Waals surface area contributed by atoms with Gasteiger partial charge in [0.15, 0.2) is 0 Å². The highest BCUT2D eigenvalue weighted by Crippen LogP contribution is 2.37. The first-order chi connectivity index (χ1) is 10.4. The lowest BCUT2D eigenvalue weighted by Crippen LogP contribution is -2.09. The van der Waals surface area contributed by atoms with Crippen molar-refractivity contribution in [3.63, 3.8) is 0 Å². The lowest BCUT2D eigenvalue weighted by Gasteiger charge is -2.15. The number of benzene rings is 2. The van der Waals surface area contributed by atoms with E-state index in [9.17, 15) is 9.59 Å². The number of carbonyl (C=O) groups excluding carboxylic acids is 2. The molecule has 114 valence electrons. The molecule has 4 nitrogen and oxygen atoms in total. The highest BCUT2D eigenvalue weighted by Gasteiger charge is 2.13. The number of halogens is 2. The Bertz CT molecular complexity index is 681. The van der Waals surface area contributed by atoms with Gasteiger partial charge in [-0.2, -0.15) is 0 Å². The summed E-state index contributed by atoms with van der Waals surface area (Å²) in [5, 5.41) is 5.62. The van der Waals surface area contributed by atoms with E-state index < -0.39 is 0 Å². The molecule has 0 aliphatic rings. The minimum absolute atomic E-state index is 0.153. The summed E-state index contributed by atoms with van der Waals surface area (Å²) in [6, 6.07) is 11.1. The Labute approximate surface area is 145 Å². The molecular weight excluding hydrogens is 412 g/mol. The molecule has 0 spiro atoms. The summed E-state index contributed by atoms with van der Waals surface area (Å²) in [5.41, 5.74) is 2.99. The number of carbonyl (C=O) groups is 2. The molecule has 2 aromatic rings. The van der Waals surface area contributed by atoms with Crippen molar-refractivity contribution in [2.45, 2.75) is 13.8 Å². The van der Waals surface area contributed by atoms with E-state index in [2.05, 4.69) is 42.5 Å². The monoisotopic (exact) mass is 424 g/mol. The van der Waals surface area contributed by atoms with Crippen LogP contribution < -0.4 is 10.6 Å². The van der Waals surface area contributed by atoms with Crippen molar-refractivity contribution < 1.29 is 9.59 Å². The molecule has 2 aromatic carbocycles. The van der Waals surface area contributed by atoms with Gasteiger partial charge in [-0.3, -0.25) is 9.59 Å². The van der Waals surface area contributed by atoms with Crippen molar-refractivity contribution >= 4 is 55.0 Å². The second kappa shape index (κ2) is 7.07. The lowest BCUT2D eigenvalue weighted by molar-refractivity contribution is -0.115. The maximum absolute atomic E-state index is 11.4. The fraction of sp³-hybridized carbons (Fsp3) is 0.125. The van der Waals surface area contributed by atoms with Crippen molar-refractivity contribution in [1.82, 2.24) is 0 Å². The lowest BCUT2D eigenvalue weighted by atomic mass is 10.0. The van der Waals surface area contributed by atoms with Gasteiger partial charge in [-0.05, 0) is 36.4 Å². The van der Waals surface area contributed by atoms with Crippen LogP contribution in [0.3, 0.4) is 0 Å². The molecule has 2 rings (SSSR count). The van der Waals surface area contributed by atoms with E-state index in [-0.39, 0.29) is 11.8 Å².